The molecule has 52 heavy (non-hydrogen) atoms. The zero-order valence-corrected chi connectivity index (χ0v) is 41.6. The van der Waals surface area contributed by atoms with Crippen molar-refractivity contribution in [1.29, 1.82) is 0 Å². The zero-order chi connectivity index (χ0) is 39.5. The first-order valence-electron chi connectivity index (χ1n) is 18.7. The predicted molar refractivity (Wildman–Crippen MR) is 241 cm³/mol. The quantitative estimate of drug-likeness (QED) is 0.151. The van der Waals surface area contributed by atoms with Crippen LogP contribution in [-0.4, -0.2) is 55.1 Å². The van der Waals surface area contributed by atoms with Gasteiger partial charge in [-0.2, -0.15) is 23.5 Å². The van der Waals surface area contributed by atoms with Gasteiger partial charge in [-0.1, -0.05) is 209 Å². The molecule has 288 valence electrons. The summed E-state index contributed by atoms with van der Waals surface area (Å²) < 4.78 is 0.530. The molecule has 0 unspecified atom stereocenters. The molecule has 0 saturated heterocycles. The summed E-state index contributed by atoms with van der Waals surface area (Å²) in [5.41, 5.74) is 3.04. The molecule has 0 N–H and O–H groups in total. The SMILES string of the molecule is CC(C)(C)SCCN(CCSC(C)(C)C)Cc1cc(C(C)(C)C)cc(C(C)(C)C)c1[O-].[CH2-][Si](C)(C)c1ccccc1.[CH2-][Si](C)(C)c1ccccc1.[Sc+3]. The van der Waals surface area contributed by atoms with Crippen molar-refractivity contribution in [3.05, 3.63) is 103 Å². The number of hydrogen-bond donors (Lipinski definition) is 0. The molecule has 0 aliphatic carbocycles. The van der Waals surface area contributed by atoms with Crippen molar-refractivity contribution in [2.45, 2.75) is 136 Å². The second-order valence-electron chi connectivity index (χ2n) is 19.2. The van der Waals surface area contributed by atoms with Crippen LogP contribution in [0, 0.1) is 13.1 Å². The minimum atomic E-state index is -1.28. The summed E-state index contributed by atoms with van der Waals surface area (Å²) in [6.45, 7) is 46.9. The van der Waals surface area contributed by atoms with Crippen molar-refractivity contribution in [1.82, 2.24) is 4.90 Å². The molecule has 0 aliphatic heterocycles. The van der Waals surface area contributed by atoms with Crippen LogP contribution in [0.4, 0.5) is 0 Å². The number of thioether (sulfide) groups is 2. The second-order valence-corrected chi connectivity index (χ2v) is 31.7. The maximum Gasteiger partial charge on any atom is 3.00 e. The molecule has 0 spiro atoms. The Bertz CT molecular complexity index is 1350. The average Bonchev–Trinajstić information content (AvgIpc) is 2.96. The first-order chi connectivity index (χ1) is 23.0. The minimum absolute atomic E-state index is 0. The van der Waals surface area contributed by atoms with Crippen molar-refractivity contribution in [3.63, 3.8) is 0 Å². The first-order valence-corrected chi connectivity index (χ1v) is 27.1. The average molecular weight is 810 g/mol. The van der Waals surface area contributed by atoms with Crippen LogP contribution >= 0.6 is 23.5 Å². The van der Waals surface area contributed by atoms with Gasteiger partial charge in [-0.3, -0.25) is 4.90 Å². The Balaban J connectivity index is 0.000000996. The summed E-state index contributed by atoms with van der Waals surface area (Å²) in [5.74, 6) is 2.41. The Morgan fingerprint density at radius 1 is 0.596 bits per heavy atom. The zero-order valence-electron chi connectivity index (χ0n) is 36.1. The molecule has 0 aliphatic rings. The van der Waals surface area contributed by atoms with Crippen LogP contribution in [0.1, 0.15) is 99.8 Å². The van der Waals surface area contributed by atoms with E-state index in [1.54, 1.807) is 0 Å². The Hall–Kier alpha value is -0.576. The number of rotatable bonds is 10. The maximum atomic E-state index is 13.5. The van der Waals surface area contributed by atoms with E-state index in [1.165, 1.54) is 15.9 Å². The van der Waals surface area contributed by atoms with Crippen LogP contribution in [0.3, 0.4) is 0 Å². The van der Waals surface area contributed by atoms with E-state index >= 15 is 0 Å². The molecule has 0 saturated carbocycles. The molecule has 0 aromatic heterocycles. The molecular formula is C45H74NOS2ScSi2. The van der Waals surface area contributed by atoms with E-state index in [-0.39, 0.29) is 51.9 Å². The van der Waals surface area contributed by atoms with Crippen molar-refractivity contribution >= 4 is 50.0 Å². The van der Waals surface area contributed by atoms with E-state index in [2.05, 4.69) is 188 Å². The summed E-state index contributed by atoms with van der Waals surface area (Å²) in [4.78, 5) is 2.49. The van der Waals surface area contributed by atoms with Gasteiger partial charge >= 0.3 is 25.8 Å². The van der Waals surface area contributed by atoms with E-state index in [1.807, 2.05) is 35.7 Å². The fourth-order valence-corrected chi connectivity index (χ4v) is 9.16. The molecular weight excluding hydrogens is 736 g/mol. The number of benzene rings is 3. The third-order valence-electron chi connectivity index (χ3n) is 8.23. The Morgan fingerprint density at radius 2 is 0.962 bits per heavy atom. The van der Waals surface area contributed by atoms with Gasteiger partial charge in [-0.05, 0) is 27.5 Å². The minimum Gasteiger partial charge on any atom is -0.872 e. The monoisotopic (exact) mass is 809 g/mol. The normalized spacial score (nSPS) is 12.7. The molecule has 0 amide bonds. The van der Waals surface area contributed by atoms with Gasteiger partial charge in [-0.25, -0.2) is 0 Å². The van der Waals surface area contributed by atoms with Gasteiger partial charge in [0, 0.05) is 40.6 Å². The molecule has 3 rings (SSSR count). The van der Waals surface area contributed by atoms with Gasteiger partial charge < -0.3 is 18.2 Å². The van der Waals surface area contributed by atoms with Crippen LogP contribution in [-0.2, 0) is 43.2 Å². The van der Waals surface area contributed by atoms with Gasteiger partial charge in [0.05, 0.1) is 0 Å². The van der Waals surface area contributed by atoms with E-state index in [0.717, 1.165) is 42.3 Å². The second kappa shape index (κ2) is 21.7. The molecule has 0 fully saturated rings. The first kappa shape index (κ1) is 51.4. The number of nitrogens with zero attached hydrogens (tertiary/aromatic N) is 1. The fourth-order valence-electron chi connectivity index (χ4n) is 5.05. The molecule has 0 radical (unpaired) electrons. The Kier molecular flexibility index (Phi) is 21.4. The van der Waals surface area contributed by atoms with Crippen LogP contribution in [0.2, 0.25) is 26.2 Å². The van der Waals surface area contributed by atoms with E-state index in [4.69, 9.17) is 0 Å². The molecule has 0 heterocycles. The smallest absolute Gasteiger partial charge is 0.872 e. The molecule has 3 aromatic rings. The van der Waals surface area contributed by atoms with Gasteiger partial charge in [0.2, 0.25) is 0 Å². The third-order valence-corrected chi connectivity index (χ3v) is 14.5. The van der Waals surface area contributed by atoms with Gasteiger partial charge in [0.15, 0.2) is 0 Å². The van der Waals surface area contributed by atoms with Crippen molar-refractivity contribution in [3.8, 4) is 5.75 Å². The molecule has 0 bridgehead atoms. The number of hydrogen-bond acceptors (Lipinski definition) is 4. The summed E-state index contributed by atoms with van der Waals surface area (Å²) >= 11 is 4.01. The summed E-state index contributed by atoms with van der Waals surface area (Å²) in [6, 6.07) is 25.4. The van der Waals surface area contributed by atoms with Gasteiger partial charge in [-0.15, -0.1) is 5.75 Å². The predicted octanol–water partition coefficient (Wildman–Crippen LogP) is 11.2. The van der Waals surface area contributed by atoms with Gasteiger partial charge in [0.1, 0.15) is 0 Å². The summed E-state index contributed by atoms with van der Waals surface area (Å²) in [7, 11) is -2.57. The van der Waals surface area contributed by atoms with Crippen LogP contribution < -0.4 is 15.5 Å². The van der Waals surface area contributed by atoms with Crippen LogP contribution in [0.5, 0.6) is 5.75 Å². The fraction of sp³-hybridized carbons (Fsp3) is 0.556. The Morgan fingerprint density at radius 3 is 1.23 bits per heavy atom. The standard InChI is InChI=1S/C27H49NOS2.2C9H13Si.Sc/c1-24(2,3)21-17-20(23(29)22(18-21)25(4,5)6)19-28(13-15-30-26(7,8)9)14-16-31-27(10,11)12;2*1-10(2,3)9-7-5-4-6-8-9;/h17-18,29H,13-16,19H2,1-12H3;2*4-8H,1H2,2-3H3;/q;2*-1;+3/p-1. The molecule has 2 nitrogen and oxygen atoms in total. The molecule has 7 heteroatoms. The summed E-state index contributed by atoms with van der Waals surface area (Å²) in [5, 5.41) is 16.3. The van der Waals surface area contributed by atoms with E-state index in [9.17, 15) is 5.11 Å². The van der Waals surface area contributed by atoms with Crippen molar-refractivity contribution in [2.75, 3.05) is 24.6 Å². The molecule has 0 atom stereocenters. The van der Waals surface area contributed by atoms with Crippen molar-refractivity contribution in [2.24, 2.45) is 0 Å². The molecule has 3 aromatic carbocycles. The van der Waals surface area contributed by atoms with E-state index in [0.29, 0.717) is 0 Å². The van der Waals surface area contributed by atoms with Crippen molar-refractivity contribution < 1.29 is 30.9 Å². The third kappa shape index (κ3) is 21.5. The topological polar surface area (TPSA) is 26.3 Å². The maximum absolute atomic E-state index is 13.5. The summed E-state index contributed by atoms with van der Waals surface area (Å²) in [6.07, 6.45) is 0. The van der Waals surface area contributed by atoms with Crippen LogP contribution in [0.25, 0.3) is 0 Å². The van der Waals surface area contributed by atoms with Gasteiger partial charge in [0.25, 0.3) is 0 Å². The Labute approximate surface area is 352 Å². The van der Waals surface area contributed by atoms with Crippen LogP contribution in [0.15, 0.2) is 72.8 Å². The largest absolute Gasteiger partial charge is 3.00 e. The van der Waals surface area contributed by atoms with E-state index < -0.39 is 16.1 Å².